The molecule has 0 saturated heterocycles. The summed E-state index contributed by atoms with van der Waals surface area (Å²) in [6, 6.07) is -2.47. The van der Waals surface area contributed by atoms with Crippen LogP contribution in [0.25, 0.3) is 0 Å². The summed E-state index contributed by atoms with van der Waals surface area (Å²) in [7, 11) is 0. The van der Waals surface area contributed by atoms with Gasteiger partial charge in [0.05, 0.1) is 6.04 Å². The summed E-state index contributed by atoms with van der Waals surface area (Å²) in [5.41, 5.74) is 5.90. The molecule has 0 saturated carbocycles. The molecule has 0 aliphatic carbocycles. The van der Waals surface area contributed by atoms with Crippen LogP contribution < -0.4 is 21.7 Å². The third-order valence-electron chi connectivity index (χ3n) is 3.97. The van der Waals surface area contributed by atoms with Crippen LogP contribution in [0.2, 0.25) is 0 Å². The lowest BCUT2D eigenvalue weighted by molar-refractivity contribution is -0.138. The number of nitrogens with two attached hydrogens (primary N) is 1. The zero-order valence-electron chi connectivity index (χ0n) is 15.7. The van der Waals surface area contributed by atoms with E-state index in [2.05, 4.69) is 16.0 Å². The van der Waals surface area contributed by atoms with E-state index in [4.69, 9.17) is 10.8 Å². The van der Waals surface area contributed by atoms with Crippen molar-refractivity contribution in [1.29, 1.82) is 0 Å². The first-order chi connectivity index (χ1) is 12.1. The second kappa shape index (κ2) is 12.5. The van der Waals surface area contributed by atoms with E-state index in [1.54, 1.807) is 0 Å². The molecule has 0 bridgehead atoms. The van der Waals surface area contributed by atoms with Crippen molar-refractivity contribution in [2.75, 3.05) is 18.6 Å². The first kappa shape index (κ1) is 24.2. The van der Waals surface area contributed by atoms with Gasteiger partial charge >= 0.3 is 5.97 Å². The SMILES string of the molecule is CCC(C)C(N)C(=O)NC(CCSC)C(=O)NC(C)C(=O)NCC(=O)O. The Kier molecular flexibility index (Phi) is 11.7. The van der Waals surface area contributed by atoms with Crippen molar-refractivity contribution in [3.05, 3.63) is 0 Å². The Hall–Kier alpha value is -1.81. The molecule has 6 N–H and O–H groups in total. The van der Waals surface area contributed by atoms with Crippen LogP contribution in [0.4, 0.5) is 0 Å². The van der Waals surface area contributed by atoms with E-state index < -0.39 is 48.4 Å². The fourth-order valence-electron chi connectivity index (χ4n) is 1.98. The molecule has 0 aromatic rings. The molecule has 9 nitrogen and oxygen atoms in total. The third kappa shape index (κ3) is 9.04. The number of carbonyl (C=O) groups is 4. The summed E-state index contributed by atoms with van der Waals surface area (Å²) in [6.07, 6.45) is 3.00. The molecule has 3 amide bonds. The van der Waals surface area contributed by atoms with Gasteiger partial charge < -0.3 is 26.8 Å². The predicted molar refractivity (Wildman–Crippen MR) is 101 cm³/mol. The fourth-order valence-corrected chi connectivity index (χ4v) is 2.45. The number of carboxylic acids is 1. The van der Waals surface area contributed by atoms with Gasteiger partial charge in [-0.3, -0.25) is 19.2 Å². The molecule has 0 aliphatic heterocycles. The Morgan fingerprint density at radius 3 is 2.19 bits per heavy atom. The van der Waals surface area contributed by atoms with Crippen LogP contribution in [0, 0.1) is 5.92 Å². The number of rotatable bonds is 12. The van der Waals surface area contributed by atoms with Crippen LogP contribution in [-0.4, -0.2) is 65.5 Å². The van der Waals surface area contributed by atoms with Crippen LogP contribution in [0.15, 0.2) is 0 Å². The van der Waals surface area contributed by atoms with Gasteiger partial charge in [0.1, 0.15) is 18.6 Å². The minimum absolute atomic E-state index is 0.0278. The van der Waals surface area contributed by atoms with Crippen molar-refractivity contribution < 1.29 is 24.3 Å². The van der Waals surface area contributed by atoms with Crippen LogP contribution in [0.1, 0.15) is 33.6 Å². The van der Waals surface area contributed by atoms with Gasteiger partial charge in [-0.05, 0) is 31.3 Å². The highest BCUT2D eigenvalue weighted by Gasteiger charge is 2.27. The van der Waals surface area contributed by atoms with Gasteiger partial charge in [-0.2, -0.15) is 11.8 Å². The van der Waals surface area contributed by atoms with E-state index in [0.29, 0.717) is 12.2 Å². The molecule has 0 aliphatic rings. The number of carbonyl (C=O) groups excluding carboxylic acids is 3. The molecule has 0 rings (SSSR count). The zero-order valence-corrected chi connectivity index (χ0v) is 16.5. The Labute approximate surface area is 158 Å². The maximum absolute atomic E-state index is 12.4. The number of thioether (sulfide) groups is 1. The summed E-state index contributed by atoms with van der Waals surface area (Å²) in [5.74, 6) is -2.12. The molecule has 0 aromatic heterocycles. The largest absolute Gasteiger partial charge is 0.480 e. The Morgan fingerprint density at radius 2 is 1.69 bits per heavy atom. The highest BCUT2D eigenvalue weighted by Crippen LogP contribution is 2.07. The van der Waals surface area contributed by atoms with Gasteiger partial charge in [-0.15, -0.1) is 0 Å². The van der Waals surface area contributed by atoms with E-state index in [-0.39, 0.29) is 5.92 Å². The topological polar surface area (TPSA) is 151 Å². The van der Waals surface area contributed by atoms with Crippen LogP contribution in [0.3, 0.4) is 0 Å². The van der Waals surface area contributed by atoms with Gasteiger partial charge in [0.25, 0.3) is 0 Å². The number of amides is 3. The molecule has 0 heterocycles. The molecule has 10 heteroatoms. The fraction of sp³-hybridized carbons (Fsp3) is 0.750. The van der Waals surface area contributed by atoms with E-state index in [0.717, 1.165) is 6.42 Å². The maximum Gasteiger partial charge on any atom is 0.322 e. The second-order valence-corrected chi connectivity index (χ2v) is 7.08. The Bertz CT molecular complexity index is 503. The molecule has 4 unspecified atom stereocenters. The van der Waals surface area contributed by atoms with Crippen molar-refractivity contribution in [3.63, 3.8) is 0 Å². The zero-order chi connectivity index (χ0) is 20.3. The van der Waals surface area contributed by atoms with Crippen LogP contribution in [0.5, 0.6) is 0 Å². The average Bonchev–Trinajstić information content (AvgIpc) is 2.60. The molecular formula is C16H30N4O5S. The lowest BCUT2D eigenvalue weighted by atomic mass is 9.99. The van der Waals surface area contributed by atoms with Crippen molar-refractivity contribution in [2.24, 2.45) is 11.7 Å². The average molecular weight is 391 g/mol. The molecule has 26 heavy (non-hydrogen) atoms. The van der Waals surface area contributed by atoms with Gasteiger partial charge in [-0.1, -0.05) is 20.3 Å². The van der Waals surface area contributed by atoms with E-state index >= 15 is 0 Å². The lowest BCUT2D eigenvalue weighted by Crippen LogP contribution is -2.56. The van der Waals surface area contributed by atoms with E-state index in [1.807, 2.05) is 20.1 Å². The maximum atomic E-state index is 12.4. The minimum Gasteiger partial charge on any atom is -0.480 e. The highest BCUT2D eigenvalue weighted by atomic mass is 32.2. The molecule has 0 aromatic carbocycles. The summed E-state index contributed by atoms with van der Waals surface area (Å²) in [6.45, 7) is 4.69. The first-order valence-corrected chi connectivity index (χ1v) is 9.88. The monoisotopic (exact) mass is 390 g/mol. The molecule has 150 valence electrons. The Morgan fingerprint density at radius 1 is 1.08 bits per heavy atom. The second-order valence-electron chi connectivity index (χ2n) is 6.10. The number of carboxylic acid groups (broad SMARTS) is 1. The lowest BCUT2D eigenvalue weighted by Gasteiger charge is -2.24. The molecule has 4 atom stereocenters. The first-order valence-electron chi connectivity index (χ1n) is 8.48. The standard InChI is InChI=1S/C16H30N4O5S/c1-5-9(2)13(17)16(25)20-11(6-7-26-4)15(24)19-10(3)14(23)18-8-12(21)22/h9-11,13H,5-8,17H2,1-4H3,(H,18,23)(H,19,24)(H,20,25)(H,21,22). The minimum atomic E-state index is -1.18. The van der Waals surface area contributed by atoms with E-state index in [9.17, 15) is 19.2 Å². The van der Waals surface area contributed by atoms with E-state index in [1.165, 1.54) is 18.7 Å². The highest BCUT2D eigenvalue weighted by molar-refractivity contribution is 7.98. The van der Waals surface area contributed by atoms with Gasteiger partial charge in [-0.25, -0.2) is 0 Å². The smallest absolute Gasteiger partial charge is 0.322 e. The molecule has 0 fully saturated rings. The summed E-state index contributed by atoms with van der Waals surface area (Å²) >= 11 is 1.52. The number of hydrogen-bond acceptors (Lipinski definition) is 6. The van der Waals surface area contributed by atoms with Gasteiger partial charge in [0, 0.05) is 0 Å². The number of nitrogens with one attached hydrogen (secondary N) is 3. The summed E-state index contributed by atoms with van der Waals surface area (Å²) < 4.78 is 0. The van der Waals surface area contributed by atoms with Gasteiger partial charge in [0.2, 0.25) is 17.7 Å². The van der Waals surface area contributed by atoms with Crippen molar-refractivity contribution in [2.45, 2.75) is 51.7 Å². The predicted octanol–water partition coefficient (Wildman–Crippen LogP) is -0.697. The Balaban J connectivity index is 4.84. The van der Waals surface area contributed by atoms with Crippen molar-refractivity contribution in [3.8, 4) is 0 Å². The van der Waals surface area contributed by atoms with Crippen LogP contribution >= 0.6 is 11.8 Å². The summed E-state index contributed by atoms with van der Waals surface area (Å²) in [5, 5.41) is 15.9. The van der Waals surface area contributed by atoms with Gasteiger partial charge in [0.15, 0.2) is 0 Å². The number of aliphatic carboxylic acids is 1. The molecular weight excluding hydrogens is 360 g/mol. The van der Waals surface area contributed by atoms with Crippen molar-refractivity contribution >= 4 is 35.5 Å². The number of hydrogen-bond donors (Lipinski definition) is 5. The normalized spacial score (nSPS) is 15.3. The summed E-state index contributed by atoms with van der Waals surface area (Å²) in [4.78, 5) is 46.9. The van der Waals surface area contributed by atoms with Crippen LogP contribution in [-0.2, 0) is 19.2 Å². The van der Waals surface area contributed by atoms with Crippen molar-refractivity contribution in [1.82, 2.24) is 16.0 Å². The quantitative estimate of drug-likeness (QED) is 0.296. The molecule has 0 spiro atoms. The third-order valence-corrected chi connectivity index (χ3v) is 4.61. The molecule has 0 radical (unpaired) electrons.